The maximum atomic E-state index is 8.73. The first-order chi connectivity index (χ1) is 9.20. The van der Waals surface area contributed by atoms with E-state index >= 15 is 0 Å². The molecule has 0 aliphatic rings. The van der Waals surface area contributed by atoms with Crippen molar-refractivity contribution in [1.82, 2.24) is 15.0 Å². The van der Waals surface area contributed by atoms with Crippen molar-refractivity contribution < 1.29 is 0 Å². The normalized spacial score (nSPS) is 10.4. The Morgan fingerprint density at radius 3 is 2.68 bits per heavy atom. The molecular formula is C13H15N5S. The van der Waals surface area contributed by atoms with Crippen LogP contribution in [0.5, 0.6) is 0 Å². The lowest BCUT2D eigenvalue weighted by atomic mass is 10.3. The molecule has 2 rings (SSSR count). The fraction of sp³-hybridized carbons (Fsp3) is 0.385. The molecule has 2 aromatic rings. The average molecular weight is 273 g/mol. The molecule has 98 valence electrons. The molecule has 0 fully saturated rings. The van der Waals surface area contributed by atoms with Gasteiger partial charge in [-0.1, -0.05) is 0 Å². The third kappa shape index (κ3) is 3.48. The highest BCUT2D eigenvalue weighted by atomic mass is 32.1. The van der Waals surface area contributed by atoms with Crippen LogP contribution in [0.25, 0.3) is 0 Å². The highest BCUT2D eigenvalue weighted by Crippen LogP contribution is 2.14. The Balaban J connectivity index is 2.08. The fourth-order valence-electron chi connectivity index (χ4n) is 1.76. The van der Waals surface area contributed by atoms with E-state index in [0.717, 1.165) is 23.8 Å². The van der Waals surface area contributed by atoms with Gasteiger partial charge in [-0.2, -0.15) is 5.26 Å². The Kier molecular flexibility index (Phi) is 4.42. The largest absolute Gasteiger partial charge is 0.352 e. The molecule has 5 nitrogen and oxygen atoms in total. The molecule has 0 aliphatic heterocycles. The topological polar surface area (TPSA) is 65.7 Å². The third-order valence-corrected chi connectivity index (χ3v) is 3.56. The Morgan fingerprint density at radius 1 is 1.32 bits per heavy atom. The summed E-state index contributed by atoms with van der Waals surface area (Å²) < 4.78 is 0. The van der Waals surface area contributed by atoms with Crippen LogP contribution in [0.15, 0.2) is 24.0 Å². The fourth-order valence-corrected chi connectivity index (χ4v) is 2.37. The molecule has 0 unspecified atom stereocenters. The van der Waals surface area contributed by atoms with Gasteiger partial charge in [0.25, 0.3) is 0 Å². The molecule has 2 heterocycles. The molecule has 0 atom stereocenters. The summed E-state index contributed by atoms with van der Waals surface area (Å²) in [5.74, 6) is 0.797. The van der Waals surface area contributed by atoms with Crippen LogP contribution >= 0.6 is 11.3 Å². The summed E-state index contributed by atoms with van der Waals surface area (Å²) in [5.41, 5.74) is 0.340. The predicted molar refractivity (Wildman–Crippen MR) is 75.0 cm³/mol. The SMILES string of the molecule is CC(C)N(CCc1nccs1)c1cnc(C#N)cn1. The van der Waals surface area contributed by atoms with Gasteiger partial charge in [0.05, 0.1) is 17.4 Å². The van der Waals surface area contributed by atoms with Gasteiger partial charge in [0, 0.05) is 30.6 Å². The first-order valence-corrected chi connectivity index (χ1v) is 6.96. The second-order valence-electron chi connectivity index (χ2n) is 4.33. The van der Waals surface area contributed by atoms with E-state index in [1.807, 2.05) is 17.6 Å². The number of rotatable bonds is 5. The summed E-state index contributed by atoms with van der Waals surface area (Å²) in [7, 11) is 0. The molecule has 0 spiro atoms. The zero-order valence-corrected chi connectivity index (χ0v) is 11.8. The van der Waals surface area contributed by atoms with E-state index in [2.05, 4.69) is 33.7 Å². The van der Waals surface area contributed by atoms with Crippen LogP contribution in [-0.2, 0) is 6.42 Å². The lowest BCUT2D eigenvalue weighted by Crippen LogP contribution is -2.33. The Bertz CT molecular complexity index is 541. The molecule has 0 saturated heterocycles. The van der Waals surface area contributed by atoms with Crippen molar-refractivity contribution in [2.24, 2.45) is 0 Å². The van der Waals surface area contributed by atoms with Gasteiger partial charge in [0.2, 0.25) is 0 Å². The van der Waals surface area contributed by atoms with Crippen LogP contribution in [0, 0.1) is 11.3 Å². The Morgan fingerprint density at radius 2 is 2.16 bits per heavy atom. The van der Waals surface area contributed by atoms with E-state index in [1.165, 1.54) is 6.20 Å². The first-order valence-electron chi connectivity index (χ1n) is 6.08. The molecule has 2 aromatic heterocycles. The summed E-state index contributed by atoms with van der Waals surface area (Å²) >= 11 is 1.66. The number of nitrogens with zero attached hydrogens (tertiary/aromatic N) is 5. The van der Waals surface area contributed by atoms with Crippen molar-refractivity contribution in [3.63, 3.8) is 0 Å². The molecule has 6 heteroatoms. The van der Waals surface area contributed by atoms with E-state index in [-0.39, 0.29) is 0 Å². The Labute approximate surface area is 116 Å². The smallest absolute Gasteiger partial charge is 0.158 e. The summed E-state index contributed by atoms with van der Waals surface area (Å²) in [4.78, 5) is 14.8. The van der Waals surface area contributed by atoms with Crippen LogP contribution in [-0.4, -0.2) is 27.5 Å². The maximum absolute atomic E-state index is 8.73. The van der Waals surface area contributed by atoms with E-state index in [0.29, 0.717) is 11.7 Å². The quantitative estimate of drug-likeness (QED) is 0.836. The minimum atomic E-state index is 0.321. The zero-order valence-electron chi connectivity index (χ0n) is 10.9. The monoisotopic (exact) mass is 273 g/mol. The highest BCUT2D eigenvalue weighted by molar-refractivity contribution is 7.09. The maximum Gasteiger partial charge on any atom is 0.158 e. The summed E-state index contributed by atoms with van der Waals surface area (Å²) in [6, 6.07) is 2.30. The number of aromatic nitrogens is 3. The van der Waals surface area contributed by atoms with Gasteiger partial charge >= 0.3 is 0 Å². The number of hydrogen-bond donors (Lipinski definition) is 0. The van der Waals surface area contributed by atoms with Crippen molar-refractivity contribution in [2.45, 2.75) is 26.3 Å². The Hall–Kier alpha value is -2.00. The van der Waals surface area contributed by atoms with Crippen LogP contribution < -0.4 is 4.90 Å². The average Bonchev–Trinajstić information content (AvgIpc) is 2.92. The van der Waals surface area contributed by atoms with Crippen LogP contribution in [0.3, 0.4) is 0 Å². The molecule has 0 radical (unpaired) electrons. The van der Waals surface area contributed by atoms with Gasteiger partial charge in [-0.15, -0.1) is 11.3 Å². The van der Waals surface area contributed by atoms with Gasteiger partial charge in [-0.05, 0) is 13.8 Å². The molecular weight excluding hydrogens is 258 g/mol. The van der Waals surface area contributed by atoms with Crippen molar-refractivity contribution in [3.8, 4) is 6.07 Å². The first kappa shape index (κ1) is 13.4. The third-order valence-electron chi connectivity index (χ3n) is 2.72. The standard InChI is InChI=1S/C13H15N5S/c1-10(2)18(5-3-13-15-4-6-19-13)12-9-16-11(7-14)8-17-12/h4,6,8-10H,3,5H2,1-2H3. The van der Waals surface area contributed by atoms with Gasteiger partial charge in [0.15, 0.2) is 5.69 Å². The zero-order chi connectivity index (χ0) is 13.7. The molecule has 0 aliphatic carbocycles. The van der Waals surface area contributed by atoms with E-state index < -0.39 is 0 Å². The number of hydrogen-bond acceptors (Lipinski definition) is 6. The van der Waals surface area contributed by atoms with Gasteiger partial charge in [0.1, 0.15) is 11.9 Å². The molecule has 0 amide bonds. The van der Waals surface area contributed by atoms with Gasteiger partial charge in [-0.25, -0.2) is 15.0 Å². The number of anilines is 1. The lowest BCUT2D eigenvalue weighted by molar-refractivity contribution is 0.666. The molecule has 0 bridgehead atoms. The lowest BCUT2D eigenvalue weighted by Gasteiger charge is -2.27. The molecule has 0 aromatic carbocycles. The van der Waals surface area contributed by atoms with Crippen LogP contribution in [0.2, 0.25) is 0 Å². The second kappa shape index (κ2) is 6.25. The summed E-state index contributed by atoms with van der Waals surface area (Å²) in [6.07, 6.45) is 5.87. The summed E-state index contributed by atoms with van der Waals surface area (Å²) in [6.45, 7) is 5.06. The van der Waals surface area contributed by atoms with Gasteiger partial charge in [-0.3, -0.25) is 0 Å². The molecule has 0 N–H and O–H groups in total. The van der Waals surface area contributed by atoms with Crippen molar-refractivity contribution in [2.75, 3.05) is 11.4 Å². The second-order valence-corrected chi connectivity index (χ2v) is 5.31. The number of nitriles is 1. The highest BCUT2D eigenvalue weighted by Gasteiger charge is 2.13. The van der Waals surface area contributed by atoms with Crippen molar-refractivity contribution in [1.29, 1.82) is 5.26 Å². The van der Waals surface area contributed by atoms with Crippen LogP contribution in [0.1, 0.15) is 24.5 Å². The van der Waals surface area contributed by atoms with Crippen LogP contribution in [0.4, 0.5) is 5.82 Å². The summed E-state index contributed by atoms with van der Waals surface area (Å²) in [5, 5.41) is 11.8. The number of thiazole rings is 1. The minimum Gasteiger partial charge on any atom is -0.352 e. The van der Waals surface area contributed by atoms with E-state index in [9.17, 15) is 0 Å². The molecule has 0 saturated carbocycles. The van der Waals surface area contributed by atoms with Gasteiger partial charge < -0.3 is 4.90 Å². The van der Waals surface area contributed by atoms with Crippen molar-refractivity contribution >= 4 is 17.2 Å². The van der Waals surface area contributed by atoms with Crippen molar-refractivity contribution in [3.05, 3.63) is 34.7 Å². The van der Waals surface area contributed by atoms with E-state index in [4.69, 9.17) is 5.26 Å². The van der Waals surface area contributed by atoms with E-state index in [1.54, 1.807) is 17.5 Å². The minimum absolute atomic E-state index is 0.321. The predicted octanol–water partition coefficient (Wildman–Crippen LogP) is 2.26. The molecule has 19 heavy (non-hydrogen) atoms.